The van der Waals surface area contributed by atoms with E-state index in [0.717, 1.165) is 18.4 Å². The fourth-order valence-corrected chi connectivity index (χ4v) is 3.00. The number of ketones is 1. The predicted octanol–water partition coefficient (Wildman–Crippen LogP) is 2.76. The van der Waals surface area contributed by atoms with E-state index in [4.69, 9.17) is 10.5 Å². The largest absolute Gasteiger partial charge is 0.383 e. The van der Waals surface area contributed by atoms with Crippen LogP contribution < -0.4 is 5.73 Å². The number of nitrogens with zero attached hydrogens (tertiary/aromatic N) is 1. The van der Waals surface area contributed by atoms with Gasteiger partial charge in [-0.05, 0) is 31.7 Å². The molecule has 2 N–H and O–H groups in total. The van der Waals surface area contributed by atoms with Gasteiger partial charge < -0.3 is 10.5 Å². The lowest BCUT2D eigenvalue weighted by Crippen LogP contribution is -2.35. The molecule has 1 atom stereocenters. The number of carbonyl (C=O) groups is 1. The Bertz CT molecular complexity index is 442. The molecule has 0 spiro atoms. The maximum Gasteiger partial charge on any atom is 0.166 e. The van der Waals surface area contributed by atoms with Crippen LogP contribution in [0.15, 0.2) is 18.3 Å². The van der Waals surface area contributed by atoms with Crippen molar-refractivity contribution >= 4 is 11.6 Å². The molecule has 1 aliphatic carbocycles. The van der Waals surface area contributed by atoms with Gasteiger partial charge in [0.25, 0.3) is 0 Å². The maximum absolute atomic E-state index is 12.5. The first-order chi connectivity index (χ1) is 9.72. The average molecular weight is 276 g/mol. The van der Waals surface area contributed by atoms with Crippen LogP contribution in [-0.4, -0.2) is 23.5 Å². The van der Waals surface area contributed by atoms with E-state index in [1.807, 2.05) is 19.1 Å². The van der Waals surface area contributed by atoms with Crippen LogP contribution in [0.5, 0.6) is 0 Å². The average Bonchev–Trinajstić information content (AvgIpc) is 2.48. The molecule has 0 radical (unpaired) electrons. The molecule has 1 heterocycles. The summed E-state index contributed by atoms with van der Waals surface area (Å²) in [5.41, 5.74) is 6.62. The number of anilines is 1. The van der Waals surface area contributed by atoms with Gasteiger partial charge >= 0.3 is 0 Å². The molecule has 1 fully saturated rings. The first-order valence-electron chi connectivity index (χ1n) is 7.56. The number of nitrogen functional groups attached to an aromatic ring is 1. The Morgan fingerprint density at radius 3 is 2.85 bits per heavy atom. The van der Waals surface area contributed by atoms with Crippen LogP contribution >= 0.6 is 0 Å². The number of hydrogen-bond acceptors (Lipinski definition) is 4. The lowest BCUT2D eigenvalue weighted by atomic mass is 9.82. The Balaban J connectivity index is 2.04. The van der Waals surface area contributed by atoms with Gasteiger partial charge in [-0.1, -0.05) is 25.3 Å². The Kier molecular flexibility index (Phi) is 5.53. The SMILES string of the molecule is CCOC(C(=O)Cc1cccnc1N)C1CCCCC1. The van der Waals surface area contributed by atoms with E-state index < -0.39 is 0 Å². The monoisotopic (exact) mass is 276 g/mol. The first-order valence-corrected chi connectivity index (χ1v) is 7.56. The second kappa shape index (κ2) is 7.39. The summed E-state index contributed by atoms with van der Waals surface area (Å²) in [6, 6.07) is 3.68. The van der Waals surface area contributed by atoms with Crippen LogP contribution in [0.3, 0.4) is 0 Å². The molecule has 0 bridgehead atoms. The van der Waals surface area contributed by atoms with Gasteiger partial charge in [0.15, 0.2) is 5.78 Å². The van der Waals surface area contributed by atoms with Crippen LogP contribution in [0.1, 0.15) is 44.6 Å². The molecule has 1 saturated carbocycles. The van der Waals surface area contributed by atoms with Crippen molar-refractivity contribution in [3.63, 3.8) is 0 Å². The minimum Gasteiger partial charge on any atom is -0.383 e. The topological polar surface area (TPSA) is 65.2 Å². The summed E-state index contributed by atoms with van der Waals surface area (Å²) >= 11 is 0. The smallest absolute Gasteiger partial charge is 0.166 e. The highest BCUT2D eigenvalue weighted by Crippen LogP contribution is 2.29. The van der Waals surface area contributed by atoms with Crippen molar-refractivity contribution in [3.8, 4) is 0 Å². The zero-order chi connectivity index (χ0) is 14.4. The van der Waals surface area contributed by atoms with Crippen molar-refractivity contribution < 1.29 is 9.53 Å². The van der Waals surface area contributed by atoms with Gasteiger partial charge in [-0.2, -0.15) is 0 Å². The third-order valence-corrected chi connectivity index (χ3v) is 4.03. The van der Waals surface area contributed by atoms with Gasteiger partial charge in [-0.3, -0.25) is 4.79 Å². The molecular formula is C16H24N2O2. The molecule has 1 unspecified atom stereocenters. The van der Waals surface area contributed by atoms with E-state index >= 15 is 0 Å². The molecule has 4 nitrogen and oxygen atoms in total. The standard InChI is InChI=1S/C16H24N2O2/c1-2-20-15(12-7-4-3-5-8-12)14(19)11-13-9-6-10-18-16(13)17/h6,9-10,12,15H,2-5,7-8,11H2,1H3,(H2,17,18). The number of carbonyl (C=O) groups excluding carboxylic acids is 1. The van der Waals surface area contributed by atoms with Crippen molar-refractivity contribution in [2.24, 2.45) is 5.92 Å². The van der Waals surface area contributed by atoms with Gasteiger partial charge in [0, 0.05) is 24.8 Å². The Labute approximate surface area is 120 Å². The molecule has 1 aromatic heterocycles. The summed E-state index contributed by atoms with van der Waals surface area (Å²) in [5.74, 6) is 0.951. The van der Waals surface area contributed by atoms with E-state index in [2.05, 4.69) is 4.98 Å². The molecular weight excluding hydrogens is 252 g/mol. The predicted molar refractivity (Wildman–Crippen MR) is 79.3 cm³/mol. The summed E-state index contributed by atoms with van der Waals surface area (Å²) < 4.78 is 5.74. The van der Waals surface area contributed by atoms with Crippen LogP contribution in [0.4, 0.5) is 5.82 Å². The zero-order valence-corrected chi connectivity index (χ0v) is 12.2. The lowest BCUT2D eigenvalue weighted by molar-refractivity contribution is -0.134. The van der Waals surface area contributed by atoms with Gasteiger partial charge in [-0.25, -0.2) is 4.98 Å². The van der Waals surface area contributed by atoms with Crippen LogP contribution in [0.2, 0.25) is 0 Å². The summed E-state index contributed by atoms with van der Waals surface area (Å²) in [6.07, 6.45) is 7.56. The highest BCUT2D eigenvalue weighted by Gasteiger charge is 2.30. The lowest BCUT2D eigenvalue weighted by Gasteiger charge is -2.29. The number of Topliss-reactive ketones (excluding diaryl/α,β-unsaturated/α-hetero) is 1. The van der Waals surface area contributed by atoms with Gasteiger partial charge in [0.05, 0.1) is 0 Å². The van der Waals surface area contributed by atoms with Crippen LogP contribution in [0.25, 0.3) is 0 Å². The number of hydrogen-bond donors (Lipinski definition) is 1. The first kappa shape index (κ1) is 15.0. The molecule has 0 amide bonds. The molecule has 0 aliphatic heterocycles. The summed E-state index contributed by atoms with van der Waals surface area (Å²) in [7, 11) is 0. The minimum absolute atomic E-state index is 0.137. The Hall–Kier alpha value is -1.42. The second-order valence-electron chi connectivity index (χ2n) is 5.46. The number of ether oxygens (including phenoxy) is 1. The maximum atomic E-state index is 12.5. The summed E-state index contributed by atoms with van der Waals surface area (Å²) in [5, 5.41) is 0. The number of pyridine rings is 1. The quantitative estimate of drug-likeness (QED) is 0.867. The minimum atomic E-state index is -0.278. The normalized spacial score (nSPS) is 17.9. The van der Waals surface area contributed by atoms with Gasteiger partial charge in [-0.15, -0.1) is 0 Å². The van der Waals surface area contributed by atoms with Crippen molar-refractivity contribution in [2.45, 2.75) is 51.6 Å². The second-order valence-corrected chi connectivity index (χ2v) is 5.46. The number of rotatable bonds is 6. The molecule has 1 aromatic rings. The number of nitrogens with two attached hydrogens (primary N) is 1. The summed E-state index contributed by atoms with van der Waals surface area (Å²) in [6.45, 7) is 2.52. The molecule has 4 heteroatoms. The molecule has 0 saturated heterocycles. The molecule has 1 aliphatic rings. The highest BCUT2D eigenvalue weighted by atomic mass is 16.5. The zero-order valence-electron chi connectivity index (χ0n) is 12.2. The van der Waals surface area contributed by atoms with E-state index in [0.29, 0.717) is 24.8 Å². The van der Waals surface area contributed by atoms with E-state index in [1.54, 1.807) is 6.20 Å². The molecule has 2 rings (SSSR count). The van der Waals surface area contributed by atoms with Crippen molar-refractivity contribution in [1.29, 1.82) is 0 Å². The van der Waals surface area contributed by atoms with Crippen molar-refractivity contribution in [2.75, 3.05) is 12.3 Å². The summed E-state index contributed by atoms with van der Waals surface area (Å²) in [4.78, 5) is 16.6. The Morgan fingerprint density at radius 2 is 2.20 bits per heavy atom. The van der Waals surface area contributed by atoms with Gasteiger partial charge in [0.2, 0.25) is 0 Å². The van der Waals surface area contributed by atoms with Crippen LogP contribution in [0, 0.1) is 5.92 Å². The van der Waals surface area contributed by atoms with Crippen LogP contribution in [-0.2, 0) is 16.0 Å². The van der Waals surface area contributed by atoms with Crippen molar-refractivity contribution in [1.82, 2.24) is 4.98 Å². The number of aromatic nitrogens is 1. The fraction of sp³-hybridized carbons (Fsp3) is 0.625. The molecule has 0 aromatic carbocycles. The van der Waals surface area contributed by atoms with E-state index in [1.165, 1.54) is 19.3 Å². The fourth-order valence-electron chi connectivity index (χ4n) is 3.00. The Morgan fingerprint density at radius 1 is 1.45 bits per heavy atom. The van der Waals surface area contributed by atoms with E-state index in [-0.39, 0.29) is 11.9 Å². The van der Waals surface area contributed by atoms with Crippen molar-refractivity contribution in [3.05, 3.63) is 23.9 Å². The third-order valence-electron chi connectivity index (χ3n) is 4.03. The third kappa shape index (κ3) is 3.79. The molecule has 20 heavy (non-hydrogen) atoms. The van der Waals surface area contributed by atoms with Gasteiger partial charge in [0.1, 0.15) is 11.9 Å². The highest BCUT2D eigenvalue weighted by molar-refractivity contribution is 5.86. The molecule has 110 valence electrons. The van der Waals surface area contributed by atoms with E-state index in [9.17, 15) is 4.79 Å².